The summed E-state index contributed by atoms with van der Waals surface area (Å²) in [5, 5.41) is 16.1. The Bertz CT molecular complexity index is 6580. The standard InChI is InChI=1S/C56H46.C50H42/c1-54(2,3)41-28-39-17-16-35-18-23-42(47-27-22-40(29-41)52(39)53(35)47)34-14-12-33(13-15-34)36-19-24-45-46-26-21-38(32-51(46)56(6,7)50(45)30-36)37-20-25-44-43-10-8-9-11-48(43)55(4,5)49(44)31-37;1-48(2,3)35-24-33-13-12-29-14-19-36(41-23-18-34(25-35)46(33)47(29)41)32-17-22-40-39-21-16-31(27-44(39)50(6,7)45(40)28-32)30-15-20-38-37-10-8-9-11-42(37)49(4,5)43(38)26-30/h8-32H,1-7H3;8-28H,1-7H3. The summed E-state index contributed by atoms with van der Waals surface area (Å²) in [5.74, 6) is 0. The number of hydrogen-bond donors (Lipinski definition) is 0. The molecule has 0 saturated heterocycles. The quantitative estimate of drug-likeness (QED) is 0.151. The highest BCUT2D eigenvalue weighted by atomic mass is 14.4. The first-order chi connectivity index (χ1) is 50.8. The minimum absolute atomic E-state index is 0.00886. The lowest BCUT2D eigenvalue weighted by molar-refractivity contribution is 0.591. The van der Waals surface area contributed by atoms with Gasteiger partial charge in [0.2, 0.25) is 0 Å². The molecule has 0 atom stereocenters. The van der Waals surface area contributed by atoms with Gasteiger partial charge in [0.05, 0.1) is 0 Å². The van der Waals surface area contributed by atoms with Gasteiger partial charge in [-0.1, -0.05) is 340 Å². The fourth-order valence-electron chi connectivity index (χ4n) is 19.8. The Morgan fingerprint density at radius 2 is 0.415 bits per heavy atom. The lowest BCUT2D eigenvalue weighted by Gasteiger charge is -2.24. The van der Waals surface area contributed by atoms with Gasteiger partial charge < -0.3 is 0 Å². The largest absolute Gasteiger partial charge is 0.0619 e. The van der Waals surface area contributed by atoms with E-state index in [-0.39, 0.29) is 32.5 Å². The van der Waals surface area contributed by atoms with E-state index in [4.69, 9.17) is 0 Å². The molecule has 17 aromatic carbocycles. The molecule has 0 radical (unpaired) electrons. The molecule has 0 nitrogen and oxygen atoms in total. The third-order valence-electron chi connectivity index (χ3n) is 26.0. The van der Waals surface area contributed by atoms with Crippen LogP contribution in [0.15, 0.2) is 279 Å². The Morgan fingerprint density at radius 1 is 0.179 bits per heavy atom. The van der Waals surface area contributed by atoms with Crippen molar-refractivity contribution in [2.45, 2.75) is 129 Å². The molecular weight excluding hydrogens is 1270 g/mol. The SMILES string of the molecule is CC(C)(C)c1cc2ccc3ccc(-c4ccc(-c5ccc6c(c5)C(C)(C)c5cc(-c7ccc8c(c7)C(C)(C)c7ccccc7-8)ccc5-6)cc4)c4ccc(c1)c2c34.CC(C)(C)c1cc2ccc3ccc(-c4ccc5c(c4)C(C)(C)c4cc(-c6ccc7c(c6)C(C)(C)c6ccccc6-7)ccc4-5)c4ccc(c1)c2c34. The molecule has 0 fully saturated rings. The summed E-state index contributed by atoms with van der Waals surface area (Å²) in [4.78, 5) is 0. The van der Waals surface area contributed by atoms with Crippen molar-refractivity contribution >= 4 is 64.6 Å². The van der Waals surface area contributed by atoms with Crippen molar-refractivity contribution in [3.8, 4) is 100 Å². The Kier molecular flexibility index (Phi) is 13.5. The van der Waals surface area contributed by atoms with Crippen LogP contribution in [0.5, 0.6) is 0 Å². The Balaban J connectivity index is 0.000000141. The van der Waals surface area contributed by atoms with Crippen molar-refractivity contribution in [2.24, 2.45) is 0 Å². The van der Waals surface area contributed by atoms with Gasteiger partial charge in [-0.15, -0.1) is 0 Å². The zero-order valence-corrected chi connectivity index (χ0v) is 63.6. The molecule has 106 heavy (non-hydrogen) atoms. The van der Waals surface area contributed by atoms with E-state index >= 15 is 0 Å². The Morgan fingerprint density at radius 3 is 0.764 bits per heavy atom. The van der Waals surface area contributed by atoms with Crippen LogP contribution in [0.25, 0.3) is 165 Å². The van der Waals surface area contributed by atoms with Crippen LogP contribution in [0.4, 0.5) is 0 Å². The molecule has 0 heteroatoms. The number of fused-ring (bicyclic) bond motifs is 12. The molecule has 0 heterocycles. The summed E-state index contributed by atoms with van der Waals surface area (Å²) in [7, 11) is 0. The maximum atomic E-state index is 2.48. The lowest BCUT2D eigenvalue weighted by atomic mass is 9.79. The van der Waals surface area contributed by atoms with Crippen molar-refractivity contribution in [1.29, 1.82) is 0 Å². The molecule has 0 bridgehead atoms. The summed E-state index contributed by atoms with van der Waals surface area (Å²) in [5.41, 5.74) is 37.8. The van der Waals surface area contributed by atoms with Gasteiger partial charge in [0.25, 0.3) is 0 Å². The highest BCUT2D eigenvalue weighted by Gasteiger charge is 2.41. The predicted molar refractivity (Wildman–Crippen MR) is 455 cm³/mol. The fourth-order valence-corrected chi connectivity index (χ4v) is 19.8. The van der Waals surface area contributed by atoms with Crippen molar-refractivity contribution < 1.29 is 0 Å². The number of benzene rings is 17. The molecule has 17 aromatic rings. The summed E-state index contributed by atoms with van der Waals surface area (Å²) >= 11 is 0. The lowest BCUT2D eigenvalue weighted by Crippen LogP contribution is -2.15. The zero-order chi connectivity index (χ0) is 72.6. The molecule has 4 aliphatic carbocycles. The van der Waals surface area contributed by atoms with Crippen LogP contribution in [0.1, 0.15) is 153 Å². The van der Waals surface area contributed by atoms with Crippen molar-refractivity contribution in [3.63, 3.8) is 0 Å². The Hall–Kier alpha value is -11.2. The van der Waals surface area contributed by atoms with Crippen LogP contribution in [-0.2, 0) is 32.5 Å². The van der Waals surface area contributed by atoms with E-state index in [0.29, 0.717) is 0 Å². The van der Waals surface area contributed by atoms with Gasteiger partial charge in [-0.05, 0) is 268 Å². The first kappa shape index (κ1) is 64.4. The van der Waals surface area contributed by atoms with Crippen LogP contribution in [0.2, 0.25) is 0 Å². The van der Waals surface area contributed by atoms with E-state index in [0.717, 1.165) is 0 Å². The fraction of sp³-hybridized carbons (Fsp3) is 0.189. The van der Waals surface area contributed by atoms with Gasteiger partial charge in [-0.3, -0.25) is 0 Å². The van der Waals surface area contributed by atoms with E-state index in [1.54, 1.807) is 0 Å². The van der Waals surface area contributed by atoms with Crippen LogP contribution in [0.3, 0.4) is 0 Å². The van der Waals surface area contributed by atoms with Crippen LogP contribution >= 0.6 is 0 Å². The van der Waals surface area contributed by atoms with E-state index < -0.39 is 0 Å². The number of rotatable bonds is 5. The third kappa shape index (κ3) is 9.38. The maximum Gasteiger partial charge on any atom is 0.0159 e. The van der Waals surface area contributed by atoms with Gasteiger partial charge in [0, 0.05) is 21.7 Å². The Labute approximate surface area is 624 Å². The topological polar surface area (TPSA) is 0 Å². The van der Waals surface area contributed by atoms with Crippen LogP contribution in [-0.4, -0.2) is 0 Å². The second-order valence-corrected chi connectivity index (χ2v) is 35.6. The first-order valence-corrected chi connectivity index (χ1v) is 38.4. The van der Waals surface area contributed by atoms with Crippen molar-refractivity contribution in [3.05, 3.63) is 335 Å². The van der Waals surface area contributed by atoms with E-state index in [1.807, 2.05) is 0 Å². The second kappa shape index (κ2) is 22.2. The van der Waals surface area contributed by atoms with Crippen molar-refractivity contribution in [1.82, 2.24) is 0 Å². The summed E-state index contributed by atoms with van der Waals surface area (Å²) < 4.78 is 0. The molecule has 0 unspecified atom stereocenters. The van der Waals surface area contributed by atoms with Crippen LogP contribution < -0.4 is 0 Å². The molecule has 0 aromatic heterocycles. The molecule has 0 N–H and O–H groups in total. The molecule has 512 valence electrons. The summed E-state index contributed by atoms with van der Waals surface area (Å²) in [6.45, 7) is 32.9. The van der Waals surface area contributed by atoms with Gasteiger partial charge >= 0.3 is 0 Å². The molecule has 21 rings (SSSR count). The average Bonchev–Trinajstić information content (AvgIpc) is 0.786. The summed E-state index contributed by atoms with van der Waals surface area (Å²) in [6.07, 6.45) is 0. The molecule has 0 saturated carbocycles. The normalized spacial score (nSPS) is 15.2. The minimum atomic E-state index is -0.115. The minimum Gasteiger partial charge on any atom is -0.0619 e. The van der Waals surface area contributed by atoms with Gasteiger partial charge in [0.15, 0.2) is 0 Å². The first-order valence-electron chi connectivity index (χ1n) is 38.4. The molecular formula is C106H88. The summed E-state index contributed by atoms with van der Waals surface area (Å²) in [6, 6.07) is 107. The molecule has 0 aliphatic heterocycles. The van der Waals surface area contributed by atoms with Crippen LogP contribution in [0, 0.1) is 0 Å². The maximum absolute atomic E-state index is 2.48. The van der Waals surface area contributed by atoms with E-state index in [9.17, 15) is 0 Å². The molecule has 0 spiro atoms. The molecule has 0 amide bonds. The van der Waals surface area contributed by atoms with E-state index in [1.165, 1.54) is 220 Å². The average molecular weight is 1360 g/mol. The highest BCUT2D eigenvalue weighted by Crippen LogP contribution is 2.57. The second-order valence-electron chi connectivity index (χ2n) is 35.6. The van der Waals surface area contributed by atoms with Gasteiger partial charge in [-0.2, -0.15) is 0 Å². The molecule has 4 aliphatic rings. The predicted octanol–water partition coefficient (Wildman–Crippen LogP) is 29.3. The number of hydrogen-bond acceptors (Lipinski definition) is 0. The van der Waals surface area contributed by atoms with Gasteiger partial charge in [0.1, 0.15) is 0 Å². The van der Waals surface area contributed by atoms with E-state index in [2.05, 4.69) is 376 Å². The van der Waals surface area contributed by atoms with Gasteiger partial charge in [-0.25, -0.2) is 0 Å². The van der Waals surface area contributed by atoms with Crippen molar-refractivity contribution in [2.75, 3.05) is 0 Å². The smallest absolute Gasteiger partial charge is 0.0159 e. The third-order valence-corrected chi connectivity index (χ3v) is 26.0. The highest BCUT2D eigenvalue weighted by molar-refractivity contribution is 6.27. The zero-order valence-electron chi connectivity index (χ0n) is 63.6. The monoisotopic (exact) mass is 1360 g/mol.